The van der Waals surface area contributed by atoms with Crippen LogP contribution in [-0.4, -0.2) is 16.9 Å². The number of halogens is 1. The molecule has 2 amide bonds. The van der Waals surface area contributed by atoms with Crippen LogP contribution in [0.2, 0.25) is 0 Å². The van der Waals surface area contributed by atoms with Crippen LogP contribution >= 0.6 is 0 Å². The molecule has 0 radical (unpaired) electrons. The number of benzene rings is 2. The van der Waals surface area contributed by atoms with E-state index in [2.05, 4.69) is 5.43 Å². The van der Waals surface area contributed by atoms with Crippen molar-refractivity contribution >= 4 is 23.6 Å². The number of nitrogens with one attached hydrogen (secondary N) is 1. The molecule has 1 heterocycles. The average molecular weight is 298 g/mol. The Morgan fingerprint density at radius 2 is 1.82 bits per heavy atom. The highest BCUT2D eigenvalue weighted by Gasteiger charge is 2.34. The van der Waals surface area contributed by atoms with E-state index in [9.17, 15) is 19.1 Å². The Hall–Kier alpha value is -3.15. The standard InChI is InChI=1S/C16H11FN2O3/c17-11-4-6-12(7-5-11)19-16(22)14(15(21)18-19)9-10-2-1-3-13(20)8-10/h1-9,20H,(H,18,21)/b14-9+. The van der Waals surface area contributed by atoms with Gasteiger partial charge >= 0.3 is 0 Å². The summed E-state index contributed by atoms with van der Waals surface area (Å²) in [6, 6.07) is 11.4. The smallest absolute Gasteiger partial charge is 0.282 e. The van der Waals surface area contributed by atoms with Gasteiger partial charge < -0.3 is 5.11 Å². The Morgan fingerprint density at radius 3 is 2.50 bits per heavy atom. The van der Waals surface area contributed by atoms with Gasteiger partial charge in [0.2, 0.25) is 0 Å². The Labute approximate surface area is 125 Å². The van der Waals surface area contributed by atoms with Crippen LogP contribution in [0.3, 0.4) is 0 Å². The second-order valence-electron chi connectivity index (χ2n) is 4.71. The number of anilines is 1. The minimum Gasteiger partial charge on any atom is -0.508 e. The minimum atomic E-state index is -0.558. The summed E-state index contributed by atoms with van der Waals surface area (Å²) >= 11 is 0. The van der Waals surface area contributed by atoms with Gasteiger partial charge in [-0.15, -0.1) is 0 Å². The van der Waals surface area contributed by atoms with Gasteiger partial charge in [-0.25, -0.2) is 9.40 Å². The van der Waals surface area contributed by atoms with Crippen molar-refractivity contribution in [3.8, 4) is 5.75 Å². The molecular weight excluding hydrogens is 287 g/mol. The molecule has 1 saturated heterocycles. The maximum atomic E-state index is 12.9. The number of rotatable bonds is 2. The molecule has 2 aromatic rings. The molecule has 0 unspecified atom stereocenters. The van der Waals surface area contributed by atoms with E-state index in [-0.39, 0.29) is 11.3 Å². The number of carbonyl (C=O) groups excluding carboxylic acids is 2. The predicted octanol–water partition coefficient (Wildman–Crippen LogP) is 1.99. The summed E-state index contributed by atoms with van der Waals surface area (Å²) in [5.74, 6) is -1.49. The summed E-state index contributed by atoms with van der Waals surface area (Å²) < 4.78 is 12.9. The van der Waals surface area contributed by atoms with E-state index in [0.29, 0.717) is 11.3 Å². The molecule has 0 saturated carbocycles. The van der Waals surface area contributed by atoms with Crippen LogP contribution in [0.15, 0.2) is 54.1 Å². The first-order chi connectivity index (χ1) is 10.5. The molecular formula is C16H11FN2O3. The molecule has 0 aliphatic carbocycles. The van der Waals surface area contributed by atoms with Crippen molar-refractivity contribution in [2.75, 3.05) is 5.01 Å². The lowest BCUT2D eigenvalue weighted by atomic mass is 10.1. The quantitative estimate of drug-likeness (QED) is 0.658. The van der Waals surface area contributed by atoms with Crippen LogP contribution in [0.25, 0.3) is 6.08 Å². The summed E-state index contributed by atoms with van der Waals surface area (Å²) in [6.45, 7) is 0. The Morgan fingerprint density at radius 1 is 1.09 bits per heavy atom. The summed E-state index contributed by atoms with van der Waals surface area (Å²) in [6.07, 6.45) is 1.39. The largest absolute Gasteiger partial charge is 0.508 e. The minimum absolute atomic E-state index is 0.0376. The van der Waals surface area contributed by atoms with E-state index in [1.165, 1.54) is 42.5 Å². The van der Waals surface area contributed by atoms with Crippen LogP contribution in [0, 0.1) is 5.82 Å². The second kappa shape index (κ2) is 5.33. The number of phenolic OH excluding ortho intramolecular Hbond substituents is 1. The molecule has 5 nitrogen and oxygen atoms in total. The van der Waals surface area contributed by atoms with Crippen molar-refractivity contribution in [3.63, 3.8) is 0 Å². The van der Waals surface area contributed by atoms with Gasteiger partial charge in [0, 0.05) is 0 Å². The van der Waals surface area contributed by atoms with Gasteiger partial charge in [-0.05, 0) is 48.0 Å². The molecule has 2 N–H and O–H groups in total. The molecule has 1 fully saturated rings. The summed E-state index contributed by atoms with van der Waals surface area (Å²) in [7, 11) is 0. The molecule has 110 valence electrons. The van der Waals surface area contributed by atoms with E-state index >= 15 is 0 Å². The highest BCUT2D eigenvalue weighted by molar-refractivity contribution is 6.31. The van der Waals surface area contributed by atoms with Crippen LogP contribution in [0.5, 0.6) is 5.75 Å². The number of hydrogen-bond donors (Lipinski definition) is 2. The number of hydrogen-bond acceptors (Lipinski definition) is 3. The van der Waals surface area contributed by atoms with E-state index in [4.69, 9.17) is 0 Å². The number of carbonyl (C=O) groups is 2. The Balaban J connectivity index is 1.93. The van der Waals surface area contributed by atoms with E-state index < -0.39 is 17.6 Å². The zero-order valence-electron chi connectivity index (χ0n) is 11.3. The first-order valence-corrected chi connectivity index (χ1v) is 6.46. The molecule has 0 spiro atoms. The lowest BCUT2D eigenvalue weighted by Crippen LogP contribution is -2.35. The van der Waals surface area contributed by atoms with Gasteiger partial charge in [0.05, 0.1) is 5.69 Å². The lowest BCUT2D eigenvalue weighted by molar-refractivity contribution is -0.117. The van der Waals surface area contributed by atoms with Crippen LogP contribution in [0.4, 0.5) is 10.1 Å². The summed E-state index contributed by atoms with van der Waals surface area (Å²) in [5, 5.41) is 10.5. The molecule has 1 aliphatic heterocycles. The Kier molecular flexibility index (Phi) is 3.34. The van der Waals surface area contributed by atoms with Crippen molar-refractivity contribution in [3.05, 3.63) is 65.5 Å². The van der Waals surface area contributed by atoms with Crippen molar-refractivity contribution in [1.82, 2.24) is 5.43 Å². The summed E-state index contributed by atoms with van der Waals surface area (Å²) in [4.78, 5) is 24.3. The first-order valence-electron chi connectivity index (χ1n) is 6.46. The maximum Gasteiger partial charge on any atom is 0.282 e. The number of nitrogens with zero attached hydrogens (tertiary/aromatic N) is 1. The molecule has 0 aromatic heterocycles. The molecule has 0 atom stereocenters. The highest BCUT2D eigenvalue weighted by atomic mass is 19.1. The third kappa shape index (κ3) is 2.54. The fourth-order valence-corrected chi connectivity index (χ4v) is 2.11. The third-order valence-corrected chi connectivity index (χ3v) is 3.16. The van der Waals surface area contributed by atoms with Gasteiger partial charge in [-0.3, -0.25) is 15.0 Å². The molecule has 22 heavy (non-hydrogen) atoms. The van der Waals surface area contributed by atoms with Crippen molar-refractivity contribution in [2.24, 2.45) is 0 Å². The highest BCUT2D eigenvalue weighted by Crippen LogP contribution is 2.22. The van der Waals surface area contributed by atoms with Crippen LogP contribution in [-0.2, 0) is 9.59 Å². The SMILES string of the molecule is O=C1NN(c2ccc(F)cc2)C(=O)/C1=C/c1cccc(O)c1. The average Bonchev–Trinajstić information content (AvgIpc) is 2.76. The normalized spacial score (nSPS) is 16.2. The van der Waals surface area contributed by atoms with E-state index in [0.717, 1.165) is 5.01 Å². The number of hydrazine groups is 1. The fourth-order valence-electron chi connectivity index (χ4n) is 2.11. The van der Waals surface area contributed by atoms with Gasteiger partial charge in [-0.2, -0.15) is 0 Å². The lowest BCUT2D eigenvalue weighted by Gasteiger charge is -2.14. The number of aromatic hydroxyl groups is 1. The predicted molar refractivity (Wildman–Crippen MR) is 78.1 cm³/mol. The van der Waals surface area contributed by atoms with Crippen molar-refractivity contribution in [2.45, 2.75) is 0 Å². The van der Waals surface area contributed by atoms with Gasteiger partial charge in [0.15, 0.2) is 0 Å². The molecule has 6 heteroatoms. The molecule has 1 aliphatic rings. The van der Waals surface area contributed by atoms with Gasteiger partial charge in [0.25, 0.3) is 11.8 Å². The molecule has 3 rings (SSSR count). The van der Waals surface area contributed by atoms with Gasteiger partial charge in [-0.1, -0.05) is 12.1 Å². The summed E-state index contributed by atoms with van der Waals surface area (Å²) in [5.41, 5.74) is 3.24. The van der Waals surface area contributed by atoms with Crippen molar-refractivity contribution in [1.29, 1.82) is 0 Å². The number of phenols is 1. The third-order valence-electron chi connectivity index (χ3n) is 3.16. The van der Waals surface area contributed by atoms with Crippen LogP contribution in [0.1, 0.15) is 5.56 Å². The maximum absolute atomic E-state index is 12.9. The number of amides is 2. The second-order valence-corrected chi connectivity index (χ2v) is 4.71. The van der Waals surface area contributed by atoms with Crippen molar-refractivity contribution < 1.29 is 19.1 Å². The van der Waals surface area contributed by atoms with E-state index in [1.54, 1.807) is 12.1 Å². The zero-order chi connectivity index (χ0) is 15.7. The molecule has 2 aromatic carbocycles. The molecule has 0 bridgehead atoms. The van der Waals surface area contributed by atoms with Crippen LogP contribution < -0.4 is 10.4 Å². The zero-order valence-corrected chi connectivity index (χ0v) is 11.3. The topological polar surface area (TPSA) is 69.6 Å². The monoisotopic (exact) mass is 298 g/mol. The Bertz CT molecular complexity index is 784. The first kappa shape index (κ1) is 13.8. The van der Waals surface area contributed by atoms with Gasteiger partial charge in [0.1, 0.15) is 17.1 Å². The van der Waals surface area contributed by atoms with E-state index in [1.807, 2.05) is 0 Å². The fraction of sp³-hybridized carbons (Fsp3) is 0.